The lowest BCUT2D eigenvalue weighted by molar-refractivity contribution is -0.135. The highest BCUT2D eigenvalue weighted by Crippen LogP contribution is 2.49. The van der Waals surface area contributed by atoms with E-state index >= 15 is 0 Å². The fourth-order valence-corrected chi connectivity index (χ4v) is 4.74. The Bertz CT molecular complexity index is 929. The molecule has 6 nitrogen and oxygen atoms in total. The second-order valence-electron chi connectivity index (χ2n) is 7.55. The van der Waals surface area contributed by atoms with E-state index in [4.69, 9.17) is 9.47 Å². The van der Waals surface area contributed by atoms with Crippen LogP contribution in [-0.2, 0) is 15.0 Å². The van der Waals surface area contributed by atoms with Gasteiger partial charge in [0.2, 0.25) is 5.91 Å². The molecule has 2 atom stereocenters. The maximum atomic E-state index is 13.1. The van der Waals surface area contributed by atoms with Crippen LogP contribution in [0.2, 0.25) is 0 Å². The van der Waals surface area contributed by atoms with Crippen LogP contribution >= 0.6 is 0 Å². The molecule has 1 saturated heterocycles. The molecule has 0 unspecified atom stereocenters. The number of benzene rings is 2. The van der Waals surface area contributed by atoms with Gasteiger partial charge >= 0.3 is 0 Å². The van der Waals surface area contributed by atoms with Crippen LogP contribution in [0, 0.1) is 0 Å². The van der Waals surface area contributed by atoms with E-state index in [1.54, 1.807) is 19.2 Å². The Morgan fingerprint density at radius 2 is 1.90 bits per heavy atom. The second kappa shape index (κ2) is 7.78. The summed E-state index contributed by atoms with van der Waals surface area (Å²) in [6.07, 6.45) is 2.28. The molecule has 2 aromatic carbocycles. The van der Waals surface area contributed by atoms with Crippen LogP contribution in [0.25, 0.3) is 0 Å². The van der Waals surface area contributed by atoms with E-state index in [2.05, 4.69) is 12.2 Å². The second-order valence-corrected chi connectivity index (χ2v) is 7.55. The minimum atomic E-state index is -0.674. The first-order valence-electron chi connectivity index (χ1n) is 10.1. The van der Waals surface area contributed by atoms with Gasteiger partial charge < -0.3 is 19.7 Å². The van der Waals surface area contributed by atoms with Crippen LogP contribution in [0.5, 0.6) is 11.5 Å². The van der Waals surface area contributed by atoms with Gasteiger partial charge in [0.15, 0.2) is 18.1 Å². The van der Waals surface area contributed by atoms with E-state index in [0.29, 0.717) is 24.5 Å². The highest BCUT2D eigenvalue weighted by atomic mass is 16.5. The van der Waals surface area contributed by atoms with Crippen molar-refractivity contribution in [3.05, 3.63) is 54.1 Å². The van der Waals surface area contributed by atoms with Crippen molar-refractivity contribution in [3.8, 4) is 11.5 Å². The molecule has 6 heteroatoms. The van der Waals surface area contributed by atoms with Gasteiger partial charge in [0.05, 0.1) is 18.6 Å². The predicted molar refractivity (Wildman–Crippen MR) is 110 cm³/mol. The molecule has 0 aliphatic carbocycles. The number of para-hydroxylation sites is 3. The number of hydrogen-bond donors (Lipinski definition) is 1. The van der Waals surface area contributed by atoms with Crippen molar-refractivity contribution in [2.75, 3.05) is 25.6 Å². The third-order valence-electron chi connectivity index (χ3n) is 6.06. The summed E-state index contributed by atoms with van der Waals surface area (Å²) in [6.45, 7) is 2.54. The van der Waals surface area contributed by atoms with Crippen molar-refractivity contribution in [2.45, 2.75) is 37.6 Å². The molecule has 0 bridgehead atoms. The molecule has 0 saturated carbocycles. The molecular formula is C23H26N2O4. The summed E-state index contributed by atoms with van der Waals surface area (Å²) < 4.78 is 11.0. The quantitative estimate of drug-likeness (QED) is 0.816. The Labute approximate surface area is 170 Å². The van der Waals surface area contributed by atoms with Gasteiger partial charge in [0.1, 0.15) is 0 Å². The zero-order valence-corrected chi connectivity index (χ0v) is 16.8. The van der Waals surface area contributed by atoms with Gasteiger partial charge in [-0.25, -0.2) is 0 Å². The fraction of sp³-hybridized carbons (Fsp3) is 0.391. The highest BCUT2D eigenvalue weighted by Gasteiger charge is 2.58. The van der Waals surface area contributed by atoms with Gasteiger partial charge in [-0.2, -0.15) is 0 Å². The summed E-state index contributed by atoms with van der Waals surface area (Å²) >= 11 is 0. The number of fused-ring (bicyclic) bond motifs is 2. The number of anilines is 1. The smallest absolute Gasteiger partial charge is 0.260 e. The third-order valence-corrected chi connectivity index (χ3v) is 6.06. The van der Waals surface area contributed by atoms with E-state index < -0.39 is 5.41 Å². The molecule has 1 N–H and O–H groups in total. The maximum absolute atomic E-state index is 13.1. The molecule has 0 radical (unpaired) electrons. The average Bonchev–Trinajstić information content (AvgIpc) is 3.26. The predicted octanol–water partition coefficient (Wildman–Crippen LogP) is 3.37. The minimum absolute atomic E-state index is 0.00176. The lowest BCUT2D eigenvalue weighted by Crippen LogP contribution is -2.49. The van der Waals surface area contributed by atoms with Crippen LogP contribution < -0.4 is 14.8 Å². The summed E-state index contributed by atoms with van der Waals surface area (Å²) in [5.41, 5.74) is 1.19. The zero-order chi connectivity index (χ0) is 20.4. The lowest BCUT2D eigenvalue weighted by Gasteiger charge is -2.34. The summed E-state index contributed by atoms with van der Waals surface area (Å²) in [7, 11) is 1.57. The van der Waals surface area contributed by atoms with E-state index in [1.807, 2.05) is 41.3 Å². The van der Waals surface area contributed by atoms with E-state index in [-0.39, 0.29) is 24.5 Å². The standard InChI is InChI=1S/C23H26N2O4/c1-3-8-20-23(16-9-4-5-10-17(16)24-22(23)27)13-14-25(20)21(26)15-29-19-12-7-6-11-18(19)28-2/h4-7,9-12,20H,3,8,13-15H2,1-2H3,(H,24,27)/t20-,23-/m0/s1. The first kappa shape index (κ1) is 19.3. The monoisotopic (exact) mass is 394 g/mol. The number of carbonyl (C=O) groups excluding carboxylic acids is 2. The van der Waals surface area contributed by atoms with Crippen molar-refractivity contribution in [3.63, 3.8) is 0 Å². The molecule has 2 aromatic rings. The Hall–Kier alpha value is -3.02. The number of methoxy groups -OCH3 is 1. The molecule has 2 amide bonds. The van der Waals surface area contributed by atoms with Crippen molar-refractivity contribution in [1.29, 1.82) is 0 Å². The molecule has 2 aliphatic rings. The number of nitrogens with zero attached hydrogens (tertiary/aromatic N) is 1. The van der Waals surface area contributed by atoms with E-state index in [0.717, 1.165) is 24.1 Å². The number of amides is 2. The number of rotatable bonds is 6. The normalized spacial score (nSPS) is 22.5. The Kier molecular flexibility index (Phi) is 5.18. The zero-order valence-electron chi connectivity index (χ0n) is 16.8. The summed E-state index contributed by atoms with van der Waals surface area (Å²) in [5, 5.41) is 3.03. The Morgan fingerprint density at radius 1 is 1.17 bits per heavy atom. The lowest BCUT2D eigenvalue weighted by atomic mass is 9.73. The van der Waals surface area contributed by atoms with Gasteiger partial charge in [-0.3, -0.25) is 9.59 Å². The summed E-state index contributed by atoms with van der Waals surface area (Å²) in [4.78, 5) is 28.0. The van der Waals surface area contributed by atoms with Crippen molar-refractivity contribution < 1.29 is 19.1 Å². The molecule has 1 fully saturated rings. The molecule has 4 rings (SSSR count). The Morgan fingerprint density at radius 3 is 2.66 bits per heavy atom. The minimum Gasteiger partial charge on any atom is -0.493 e. The molecule has 2 aliphatic heterocycles. The highest BCUT2D eigenvalue weighted by molar-refractivity contribution is 6.07. The number of nitrogens with one attached hydrogen (secondary N) is 1. The van der Waals surface area contributed by atoms with Crippen molar-refractivity contribution in [1.82, 2.24) is 4.90 Å². The largest absolute Gasteiger partial charge is 0.493 e. The SMILES string of the molecule is CCC[C@@H]1N(C(=O)COc2ccccc2OC)CC[C@@]12C(=O)Nc1ccccc12. The van der Waals surface area contributed by atoms with Crippen molar-refractivity contribution in [2.24, 2.45) is 0 Å². The number of hydrogen-bond acceptors (Lipinski definition) is 4. The van der Waals surface area contributed by atoms with E-state index in [1.165, 1.54) is 0 Å². The molecule has 2 heterocycles. The first-order chi connectivity index (χ1) is 14.1. The molecular weight excluding hydrogens is 368 g/mol. The summed E-state index contributed by atoms with van der Waals surface area (Å²) in [5.74, 6) is 1.02. The summed E-state index contributed by atoms with van der Waals surface area (Å²) in [6, 6.07) is 14.9. The molecule has 29 heavy (non-hydrogen) atoms. The van der Waals surface area contributed by atoms with Crippen molar-refractivity contribution >= 4 is 17.5 Å². The van der Waals surface area contributed by atoms with Gasteiger partial charge in [-0.1, -0.05) is 43.7 Å². The number of likely N-dealkylation sites (tertiary alicyclic amines) is 1. The van der Waals surface area contributed by atoms with Crippen LogP contribution in [0.4, 0.5) is 5.69 Å². The Balaban J connectivity index is 1.57. The fourth-order valence-electron chi connectivity index (χ4n) is 4.74. The molecule has 0 aromatic heterocycles. The van der Waals surface area contributed by atoms with Crippen LogP contribution in [-0.4, -0.2) is 43.0 Å². The third kappa shape index (κ3) is 3.12. The number of ether oxygens (including phenoxy) is 2. The van der Waals surface area contributed by atoms with E-state index in [9.17, 15) is 9.59 Å². The van der Waals surface area contributed by atoms with Crippen LogP contribution in [0.15, 0.2) is 48.5 Å². The maximum Gasteiger partial charge on any atom is 0.260 e. The number of carbonyl (C=O) groups is 2. The van der Waals surface area contributed by atoms with Crippen LogP contribution in [0.3, 0.4) is 0 Å². The average molecular weight is 394 g/mol. The van der Waals surface area contributed by atoms with Gasteiger partial charge in [0, 0.05) is 12.2 Å². The van der Waals surface area contributed by atoms with Gasteiger partial charge in [-0.05, 0) is 36.6 Å². The van der Waals surface area contributed by atoms with Gasteiger partial charge in [-0.15, -0.1) is 0 Å². The van der Waals surface area contributed by atoms with Crippen LogP contribution in [0.1, 0.15) is 31.7 Å². The topological polar surface area (TPSA) is 67.9 Å². The van der Waals surface area contributed by atoms with Gasteiger partial charge in [0.25, 0.3) is 5.91 Å². The molecule has 152 valence electrons. The first-order valence-corrected chi connectivity index (χ1v) is 10.1. The molecule has 1 spiro atoms.